The largest absolute Gasteiger partial charge is 0.467 e. The molecule has 3 aromatic rings. The first-order valence-electron chi connectivity index (χ1n) is 9.61. The normalized spacial score (nSPS) is 15.4. The van der Waals surface area contributed by atoms with Crippen LogP contribution >= 0.6 is 22.9 Å². The lowest BCUT2D eigenvalue weighted by atomic mass is 9.99. The number of hydrogen-bond acceptors (Lipinski definition) is 5. The van der Waals surface area contributed by atoms with Gasteiger partial charge in [0.2, 0.25) is 0 Å². The van der Waals surface area contributed by atoms with E-state index in [1.54, 1.807) is 17.6 Å². The maximum Gasteiger partial charge on any atom is 0.131 e. The first-order chi connectivity index (χ1) is 13.6. The van der Waals surface area contributed by atoms with Crippen LogP contribution in [0.15, 0.2) is 28.9 Å². The molecule has 158 valence electrons. The number of furan rings is 1. The molecule has 0 aromatic carbocycles. The second-order valence-corrected chi connectivity index (χ2v) is 11.7. The summed E-state index contributed by atoms with van der Waals surface area (Å²) in [6.45, 7) is 12.8. The first kappa shape index (κ1) is 22.3. The lowest BCUT2D eigenvalue weighted by Crippen LogP contribution is -2.40. The molecule has 0 amide bonds. The van der Waals surface area contributed by atoms with Crippen LogP contribution in [0.2, 0.25) is 5.15 Å². The predicted molar refractivity (Wildman–Crippen MR) is 124 cm³/mol. The minimum atomic E-state index is -1.12. The molecule has 0 fully saturated rings. The number of aromatic nitrogens is 1. The molecular weight excluding hydrogens is 426 g/mol. The molecule has 3 aromatic heterocycles. The molecule has 29 heavy (non-hydrogen) atoms. The number of aryl methyl sites for hydroxylation is 1. The van der Waals surface area contributed by atoms with Crippen LogP contribution in [-0.4, -0.2) is 20.0 Å². The number of nitrogens with one attached hydrogen (secondary N) is 2. The third-order valence-corrected chi connectivity index (χ3v) is 8.33. The summed E-state index contributed by atoms with van der Waals surface area (Å²) in [6, 6.07) is 5.71. The molecule has 3 rings (SSSR count). The molecule has 0 radical (unpaired) electrons. The second-order valence-electron chi connectivity index (χ2n) is 8.27. The third kappa shape index (κ3) is 5.02. The van der Waals surface area contributed by atoms with E-state index in [0.29, 0.717) is 11.7 Å². The Morgan fingerprint density at radius 2 is 2.07 bits per heavy atom. The minimum Gasteiger partial charge on any atom is -0.467 e. The monoisotopic (exact) mass is 453 g/mol. The van der Waals surface area contributed by atoms with Crippen molar-refractivity contribution in [3.63, 3.8) is 0 Å². The Balaban J connectivity index is 1.90. The number of rotatable bonds is 7. The van der Waals surface area contributed by atoms with Crippen molar-refractivity contribution in [2.75, 3.05) is 5.32 Å². The van der Waals surface area contributed by atoms with Crippen molar-refractivity contribution >= 4 is 49.8 Å². The molecule has 0 aliphatic carbocycles. The number of fused-ring (bicyclic) bond motifs is 1. The molecule has 8 heteroatoms. The van der Waals surface area contributed by atoms with E-state index in [-0.39, 0.29) is 16.7 Å². The van der Waals surface area contributed by atoms with Gasteiger partial charge in [0, 0.05) is 22.9 Å². The van der Waals surface area contributed by atoms with Gasteiger partial charge in [0.1, 0.15) is 10.9 Å². The van der Waals surface area contributed by atoms with Gasteiger partial charge in [-0.05, 0) is 52.3 Å². The van der Waals surface area contributed by atoms with Crippen LogP contribution in [0.5, 0.6) is 0 Å². The van der Waals surface area contributed by atoms with Crippen LogP contribution in [0.1, 0.15) is 56.7 Å². The molecular formula is C21H28ClN3O2S2. The summed E-state index contributed by atoms with van der Waals surface area (Å²) in [4.78, 5) is 5.80. The number of nitrogens with zero attached hydrogens (tertiary/aromatic N) is 1. The van der Waals surface area contributed by atoms with Crippen molar-refractivity contribution in [3.05, 3.63) is 45.8 Å². The summed E-state index contributed by atoms with van der Waals surface area (Å²) in [6.07, 6.45) is 1.66. The lowest BCUT2D eigenvalue weighted by molar-refractivity contribution is 0.518. The Labute approximate surface area is 183 Å². The van der Waals surface area contributed by atoms with Crippen molar-refractivity contribution in [2.45, 2.75) is 64.8 Å². The van der Waals surface area contributed by atoms with Gasteiger partial charge in [-0.2, -0.15) is 0 Å². The van der Waals surface area contributed by atoms with Crippen molar-refractivity contribution in [1.29, 1.82) is 0 Å². The van der Waals surface area contributed by atoms with Gasteiger partial charge in [-0.25, -0.2) is 13.9 Å². The van der Waals surface area contributed by atoms with Gasteiger partial charge in [0.25, 0.3) is 0 Å². The number of halogens is 1. The maximum atomic E-state index is 12.5. The van der Waals surface area contributed by atoms with E-state index in [2.05, 4.69) is 35.8 Å². The Hall–Kier alpha value is -1.41. The SMILES string of the molecule is Cc1c(C(C)[C@H](C)N[S@](=O)C(C)(C)C)sc2c(NCc3ccco3)cc(Cl)nc12. The summed E-state index contributed by atoms with van der Waals surface area (Å²) >= 11 is 8.02. The molecule has 0 aliphatic rings. The average molecular weight is 454 g/mol. The zero-order chi connectivity index (χ0) is 21.3. The summed E-state index contributed by atoms with van der Waals surface area (Å²) in [5, 5.41) is 3.88. The molecule has 5 nitrogen and oxygen atoms in total. The van der Waals surface area contributed by atoms with E-state index in [1.165, 1.54) is 4.88 Å². The summed E-state index contributed by atoms with van der Waals surface area (Å²) in [5.41, 5.74) is 2.98. The highest BCUT2D eigenvalue weighted by molar-refractivity contribution is 7.84. The number of pyridine rings is 1. The van der Waals surface area contributed by atoms with Gasteiger partial charge in [-0.3, -0.25) is 0 Å². The van der Waals surface area contributed by atoms with E-state index in [4.69, 9.17) is 16.0 Å². The Morgan fingerprint density at radius 1 is 1.34 bits per heavy atom. The lowest BCUT2D eigenvalue weighted by Gasteiger charge is -2.25. The fourth-order valence-corrected chi connectivity index (χ4v) is 5.48. The molecule has 0 spiro atoms. The molecule has 2 N–H and O–H groups in total. The predicted octanol–water partition coefficient (Wildman–Crippen LogP) is 6.01. The topological polar surface area (TPSA) is 67.2 Å². The summed E-state index contributed by atoms with van der Waals surface area (Å²) < 4.78 is 22.0. The van der Waals surface area contributed by atoms with Gasteiger partial charge in [0.05, 0.1) is 44.4 Å². The smallest absolute Gasteiger partial charge is 0.131 e. The van der Waals surface area contributed by atoms with Gasteiger partial charge in [-0.15, -0.1) is 11.3 Å². The van der Waals surface area contributed by atoms with Crippen LogP contribution in [-0.2, 0) is 17.5 Å². The summed E-state index contributed by atoms with van der Waals surface area (Å²) in [7, 11) is -1.12. The fraction of sp³-hybridized carbons (Fsp3) is 0.476. The van der Waals surface area contributed by atoms with Gasteiger partial charge >= 0.3 is 0 Å². The minimum absolute atomic E-state index is 0.0526. The molecule has 3 atom stereocenters. The van der Waals surface area contributed by atoms with Gasteiger partial charge in [-0.1, -0.05) is 18.5 Å². The van der Waals surface area contributed by atoms with Crippen LogP contribution in [0.25, 0.3) is 10.2 Å². The molecule has 3 heterocycles. The molecule has 0 bridgehead atoms. The highest BCUT2D eigenvalue weighted by Crippen LogP contribution is 2.40. The standard InChI is InChI=1S/C21H28ClN3O2S2/c1-12(14(3)25-29(26)21(4,5)6)19-13(2)18-20(28-19)16(10-17(22)24-18)23-11-15-8-7-9-27-15/h7-10,12,14,25H,11H2,1-6H3,(H,23,24)/t12?,14-,29+/m0/s1. The van der Waals surface area contributed by atoms with Gasteiger partial charge in [0.15, 0.2) is 0 Å². The molecule has 0 aliphatic heterocycles. The van der Waals surface area contributed by atoms with Crippen molar-refractivity contribution in [2.24, 2.45) is 0 Å². The highest BCUT2D eigenvalue weighted by Gasteiger charge is 2.27. The number of thiophene rings is 1. The van der Waals surface area contributed by atoms with E-state index in [0.717, 1.165) is 27.2 Å². The van der Waals surface area contributed by atoms with E-state index >= 15 is 0 Å². The first-order valence-corrected chi connectivity index (χ1v) is 12.0. The van der Waals surface area contributed by atoms with Crippen molar-refractivity contribution in [3.8, 4) is 0 Å². The summed E-state index contributed by atoms with van der Waals surface area (Å²) in [5.74, 6) is 1.03. The molecule has 0 saturated heterocycles. The van der Waals surface area contributed by atoms with Crippen molar-refractivity contribution < 1.29 is 8.63 Å². The number of hydrogen-bond donors (Lipinski definition) is 2. The third-order valence-electron chi connectivity index (χ3n) is 4.92. The van der Waals surface area contributed by atoms with E-state index < -0.39 is 11.0 Å². The van der Waals surface area contributed by atoms with E-state index in [1.807, 2.05) is 39.0 Å². The fourth-order valence-electron chi connectivity index (χ4n) is 3.00. The van der Waals surface area contributed by atoms with Crippen LogP contribution in [0.4, 0.5) is 5.69 Å². The zero-order valence-corrected chi connectivity index (χ0v) is 20.0. The van der Waals surface area contributed by atoms with E-state index in [9.17, 15) is 4.21 Å². The van der Waals surface area contributed by atoms with Crippen LogP contribution in [0, 0.1) is 6.92 Å². The van der Waals surface area contributed by atoms with Crippen LogP contribution in [0.3, 0.4) is 0 Å². The Kier molecular flexibility index (Phi) is 6.73. The van der Waals surface area contributed by atoms with Gasteiger partial charge < -0.3 is 9.73 Å². The molecule has 1 unspecified atom stereocenters. The highest BCUT2D eigenvalue weighted by atomic mass is 35.5. The second kappa shape index (κ2) is 8.76. The molecule has 0 saturated carbocycles. The average Bonchev–Trinajstić information content (AvgIpc) is 3.27. The Bertz CT molecular complexity index is 1010. The van der Waals surface area contributed by atoms with Crippen LogP contribution < -0.4 is 10.0 Å². The maximum absolute atomic E-state index is 12.5. The van der Waals surface area contributed by atoms with Crippen molar-refractivity contribution in [1.82, 2.24) is 9.71 Å². The quantitative estimate of drug-likeness (QED) is 0.430. The zero-order valence-electron chi connectivity index (χ0n) is 17.6. The Morgan fingerprint density at radius 3 is 2.69 bits per heavy atom. The number of anilines is 1.